The van der Waals surface area contributed by atoms with E-state index in [4.69, 9.17) is 4.74 Å². The van der Waals surface area contributed by atoms with E-state index in [1.54, 1.807) is 7.11 Å². The van der Waals surface area contributed by atoms with Gasteiger partial charge in [-0.25, -0.2) is 0 Å². The molecule has 98 valence electrons. The van der Waals surface area contributed by atoms with Gasteiger partial charge in [-0.15, -0.1) is 0 Å². The van der Waals surface area contributed by atoms with Crippen LogP contribution in [0.15, 0.2) is 18.2 Å². The van der Waals surface area contributed by atoms with Crippen LogP contribution in [0.1, 0.15) is 36.8 Å². The third kappa shape index (κ3) is 2.04. The van der Waals surface area contributed by atoms with Crippen molar-refractivity contribution in [2.24, 2.45) is 0 Å². The van der Waals surface area contributed by atoms with Crippen LogP contribution in [0.5, 0.6) is 5.75 Å². The van der Waals surface area contributed by atoms with Gasteiger partial charge in [-0.2, -0.15) is 11.8 Å². The standard InChI is InChI=1S/C15H20O2S/c1-10-7-11(17-2)3-6-14(10)15(16)8-12-4-5-13(9-15)18-12/h3,6-7,12-13,16H,4-5,8-9H2,1-2H3. The molecule has 2 aliphatic rings. The number of aliphatic hydroxyl groups is 1. The molecule has 3 rings (SSSR count). The lowest BCUT2D eigenvalue weighted by Gasteiger charge is -2.37. The van der Waals surface area contributed by atoms with Crippen LogP contribution in [-0.2, 0) is 5.60 Å². The lowest BCUT2D eigenvalue weighted by atomic mass is 9.83. The molecule has 2 bridgehead atoms. The summed E-state index contributed by atoms with van der Waals surface area (Å²) in [4.78, 5) is 0. The summed E-state index contributed by atoms with van der Waals surface area (Å²) in [5.74, 6) is 0.869. The van der Waals surface area contributed by atoms with Crippen molar-refractivity contribution in [3.8, 4) is 5.75 Å². The largest absolute Gasteiger partial charge is 0.497 e. The number of benzene rings is 1. The van der Waals surface area contributed by atoms with Crippen molar-refractivity contribution in [1.29, 1.82) is 0 Å². The second-order valence-electron chi connectivity index (χ2n) is 5.58. The van der Waals surface area contributed by atoms with E-state index in [1.165, 1.54) is 12.8 Å². The predicted octanol–water partition coefficient (Wildman–Crippen LogP) is 3.25. The van der Waals surface area contributed by atoms with Gasteiger partial charge in [-0.05, 0) is 55.9 Å². The van der Waals surface area contributed by atoms with Crippen LogP contribution in [0.3, 0.4) is 0 Å². The van der Waals surface area contributed by atoms with E-state index in [2.05, 4.69) is 18.7 Å². The number of hydrogen-bond acceptors (Lipinski definition) is 3. The molecule has 1 aromatic carbocycles. The van der Waals surface area contributed by atoms with Crippen molar-refractivity contribution in [2.45, 2.75) is 48.7 Å². The molecule has 2 nitrogen and oxygen atoms in total. The third-order valence-electron chi connectivity index (χ3n) is 4.26. The molecule has 0 saturated carbocycles. The van der Waals surface area contributed by atoms with Crippen molar-refractivity contribution in [3.05, 3.63) is 29.3 Å². The van der Waals surface area contributed by atoms with E-state index >= 15 is 0 Å². The summed E-state index contributed by atoms with van der Waals surface area (Å²) in [5.41, 5.74) is 1.62. The molecule has 1 aromatic rings. The Morgan fingerprint density at radius 2 is 1.94 bits per heavy atom. The van der Waals surface area contributed by atoms with Gasteiger partial charge in [0.1, 0.15) is 5.75 Å². The Kier molecular flexibility index (Phi) is 3.07. The van der Waals surface area contributed by atoms with Crippen molar-refractivity contribution in [1.82, 2.24) is 0 Å². The average Bonchev–Trinajstić information content (AvgIpc) is 2.68. The molecular weight excluding hydrogens is 244 g/mol. The molecule has 0 aliphatic carbocycles. The first-order valence-corrected chi connectivity index (χ1v) is 7.58. The molecule has 0 aromatic heterocycles. The summed E-state index contributed by atoms with van der Waals surface area (Å²) < 4.78 is 5.24. The van der Waals surface area contributed by atoms with Crippen LogP contribution in [0, 0.1) is 6.92 Å². The maximum Gasteiger partial charge on any atom is 0.119 e. The van der Waals surface area contributed by atoms with Crippen LogP contribution < -0.4 is 4.74 Å². The van der Waals surface area contributed by atoms with Gasteiger partial charge in [0, 0.05) is 10.5 Å². The Bertz CT molecular complexity index is 446. The fraction of sp³-hybridized carbons (Fsp3) is 0.600. The number of fused-ring (bicyclic) bond motifs is 2. The molecule has 1 N–H and O–H groups in total. The van der Waals surface area contributed by atoms with Crippen LogP contribution in [-0.4, -0.2) is 22.7 Å². The Labute approximate surface area is 113 Å². The lowest BCUT2D eigenvalue weighted by molar-refractivity contribution is 0.0190. The highest BCUT2D eigenvalue weighted by atomic mass is 32.2. The fourth-order valence-electron chi connectivity index (χ4n) is 3.42. The number of hydrogen-bond donors (Lipinski definition) is 1. The molecule has 2 unspecified atom stereocenters. The summed E-state index contributed by atoms with van der Waals surface area (Å²) in [6.07, 6.45) is 4.35. The smallest absolute Gasteiger partial charge is 0.119 e. The highest BCUT2D eigenvalue weighted by Crippen LogP contribution is 2.51. The minimum absolute atomic E-state index is 0.618. The second kappa shape index (κ2) is 4.46. The zero-order valence-corrected chi connectivity index (χ0v) is 11.8. The Balaban J connectivity index is 1.94. The van der Waals surface area contributed by atoms with Crippen LogP contribution in [0.2, 0.25) is 0 Å². The molecular formula is C15H20O2S. The molecule has 3 heteroatoms. The van der Waals surface area contributed by atoms with Crippen LogP contribution in [0.4, 0.5) is 0 Å². The second-order valence-corrected chi connectivity index (χ2v) is 7.18. The number of methoxy groups -OCH3 is 1. The normalized spacial score (nSPS) is 34.6. The summed E-state index contributed by atoms with van der Waals surface area (Å²) in [6.45, 7) is 2.07. The van der Waals surface area contributed by atoms with Gasteiger partial charge < -0.3 is 9.84 Å². The fourth-order valence-corrected chi connectivity index (χ4v) is 5.25. The first-order valence-electron chi connectivity index (χ1n) is 6.64. The molecule has 2 aliphatic heterocycles. The summed E-state index contributed by atoms with van der Waals surface area (Å²) in [6, 6.07) is 6.03. The molecule has 0 spiro atoms. The van der Waals surface area contributed by atoms with E-state index in [0.29, 0.717) is 10.5 Å². The summed E-state index contributed by atoms with van der Waals surface area (Å²) in [7, 11) is 1.68. The average molecular weight is 264 g/mol. The van der Waals surface area contributed by atoms with Crippen molar-refractivity contribution < 1.29 is 9.84 Å². The predicted molar refractivity (Wildman–Crippen MR) is 75.3 cm³/mol. The van der Waals surface area contributed by atoms with Crippen LogP contribution >= 0.6 is 11.8 Å². The highest BCUT2D eigenvalue weighted by Gasteiger charge is 2.44. The molecule has 0 radical (unpaired) electrons. The van der Waals surface area contributed by atoms with Crippen molar-refractivity contribution >= 4 is 11.8 Å². The lowest BCUT2D eigenvalue weighted by Crippen LogP contribution is -2.35. The molecule has 2 saturated heterocycles. The molecule has 2 atom stereocenters. The van der Waals surface area contributed by atoms with E-state index < -0.39 is 5.60 Å². The van der Waals surface area contributed by atoms with Gasteiger partial charge in [-0.3, -0.25) is 0 Å². The summed E-state index contributed by atoms with van der Waals surface area (Å²) >= 11 is 2.08. The van der Waals surface area contributed by atoms with E-state index in [0.717, 1.165) is 29.7 Å². The maximum absolute atomic E-state index is 11.0. The molecule has 0 amide bonds. The van der Waals surface area contributed by atoms with Gasteiger partial charge in [0.15, 0.2) is 0 Å². The number of rotatable bonds is 2. The zero-order valence-electron chi connectivity index (χ0n) is 11.0. The van der Waals surface area contributed by atoms with E-state index in [-0.39, 0.29) is 0 Å². The molecule has 2 fully saturated rings. The van der Waals surface area contributed by atoms with Gasteiger partial charge in [0.05, 0.1) is 12.7 Å². The minimum atomic E-state index is -0.618. The number of thioether (sulfide) groups is 1. The number of ether oxygens (including phenoxy) is 1. The van der Waals surface area contributed by atoms with Crippen LogP contribution in [0.25, 0.3) is 0 Å². The minimum Gasteiger partial charge on any atom is -0.497 e. The SMILES string of the molecule is COc1ccc(C2(O)CC3CCC(C2)S3)c(C)c1. The zero-order chi connectivity index (χ0) is 12.8. The topological polar surface area (TPSA) is 29.5 Å². The van der Waals surface area contributed by atoms with Gasteiger partial charge in [0.2, 0.25) is 0 Å². The van der Waals surface area contributed by atoms with Gasteiger partial charge in [0.25, 0.3) is 0 Å². The Morgan fingerprint density at radius 3 is 2.50 bits per heavy atom. The monoisotopic (exact) mass is 264 g/mol. The maximum atomic E-state index is 11.0. The Hall–Kier alpha value is -0.670. The van der Waals surface area contributed by atoms with E-state index in [9.17, 15) is 5.11 Å². The first kappa shape index (κ1) is 12.4. The highest BCUT2D eigenvalue weighted by molar-refractivity contribution is 8.00. The third-order valence-corrected chi connectivity index (χ3v) is 5.84. The molecule has 18 heavy (non-hydrogen) atoms. The van der Waals surface area contributed by atoms with Gasteiger partial charge in [-0.1, -0.05) is 6.07 Å². The quantitative estimate of drug-likeness (QED) is 0.889. The number of aryl methyl sites for hydroxylation is 1. The van der Waals surface area contributed by atoms with Gasteiger partial charge >= 0.3 is 0 Å². The van der Waals surface area contributed by atoms with Crippen molar-refractivity contribution in [2.75, 3.05) is 7.11 Å². The summed E-state index contributed by atoms with van der Waals surface area (Å²) in [5, 5.41) is 12.3. The first-order chi connectivity index (χ1) is 8.60. The van der Waals surface area contributed by atoms with Crippen molar-refractivity contribution in [3.63, 3.8) is 0 Å². The molecule has 2 heterocycles. The Morgan fingerprint density at radius 1 is 1.28 bits per heavy atom. The van der Waals surface area contributed by atoms with E-state index in [1.807, 2.05) is 18.2 Å².